The molecule has 0 spiro atoms. The van der Waals surface area contributed by atoms with Gasteiger partial charge in [0.25, 0.3) is 0 Å². The highest BCUT2D eigenvalue weighted by Gasteiger charge is 2.46. The summed E-state index contributed by atoms with van der Waals surface area (Å²) in [6.45, 7) is 0. The lowest BCUT2D eigenvalue weighted by Crippen LogP contribution is -2.10. The topological polar surface area (TPSA) is 9.23 Å². The molecule has 0 N–H and O–H groups in total. The molecule has 0 amide bonds. The average Bonchev–Trinajstić information content (AvgIpc) is 3.28. The first-order valence-electron chi connectivity index (χ1n) is 6.78. The molecule has 0 saturated heterocycles. The van der Waals surface area contributed by atoms with Crippen molar-refractivity contribution in [2.24, 2.45) is 0 Å². The van der Waals surface area contributed by atoms with Crippen LogP contribution in [0.4, 0.5) is 13.2 Å². The van der Waals surface area contributed by atoms with E-state index in [9.17, 15) is 13.2 Å². The fraction of sp³-hybridized carbons (Fsp3) is 0.294. The summed E-state index contributed by atoms with van der Waals surface area (Å²) in [6, 6.07) is 13.3. The van der Waals surface area contributed by atoms with Gasteiger partial charge in [-0.3, -0.25) is 0 Å². The number of rotatable bonds is 3. The number of hydrogen-bond acceptors (Lipinski definition) is 1. The zero-order valence-electron chi connectivity index (χ0n) is 11.6. The van der Waals surface area contributed by atoms with Crippen molar-refractivity contribution in [3.8, 4) is 5.75 Å². The zero-order chi connectivity index (χ0) is 15.1. The molecule has 0 atom stereocenters. The second-order valence-electron chi connectivity index (χ2n) is 5.39. The molecule has 1 nitrogen and oxygen atoms in total. The maximum Gasteiger partial charge on any atom is 0.416 e. The maximum atomic E-state index is 12.6. The van der Waals surface area contributed by atoms with E-state index >= 15 is 0 Å². The van der Waals surface area contributed by atoms with Gasteiger partial charge in [0, 0.05) is 5.41 Å². The molecule has 0 aliphatic heterocycles. The third kappa shape index (κ3) is 2.50. The van der Waals surface area contributed by atoms with Crippen molar-refractivity contribution < 1.29 is 17.9 Å². The van der Waals surface area contributed by atoms with E-state index in [1.165, 1.54) is 12.1 Å². The molecule has 110 valence electrons. The third-order valence-corrected chi connectivity index (χ3v) is 4.16. The van der Waals surface area contributed by atoms with E-state index in [2.05, 4.69) is 0 Å². The van der Waals surface area contributed by atoms with E-state index in [1.54, 1.807) is 19.2 Å². The van der Waals surface area contributed by atoms with Gasteiger partial charge in [0.15, 0.2) is 0 Å². The molecular weight excluding hydrogens is 277 g/mol. The van der Waals surface area contributed by atoms with Crippen LogP contribution in [-0.2, 0) is 11.6 Å². The number of hydrogen-bond donors (Lipinski definition) is 0. The Kier molecular flexibility index (Phi) is 3.19. The van der Waals surface area contributed by atoms with Gasteiger partial charge >= 0.3 is 6.18 Å². The van der Waals surface area contributed by atoms with Crippen molar-refractivity contribution in [2.45, 2.75) is 24.4 Å². The maximum absolute atomic E-state index is 12.6. The van der Waals surface area contributed by atoms with Crippen LogP contribution in [0.3, 0.4) is 0 Å². The Morgan fingerprint density at radius 1 is 0.857 bits per heavy atom. The predicted molar refractivity (Wildman–Crippen MR) is 74.5 cm³/mol. The molecule has 1 saturated carbocycles. The summed E-state index contributed by atoms with van der Waals surface area (Å²) in [4.78, 5) is 0. The van der Waals surface area contributed by atoms with E-state index < -0.39 is 11.7 Å². The van der Waals surface area contributed by atoms with Gasteiger partial charge in [-0.25, -0.2) is 0 Å². The van der Waals surface area contributed by atoms with E-state index in [0.29, 0.717) is 0 Å². The highest BCUT2D eigenvalue weighted by Crippen LogP contribution is 2.53. The monoisotopic (exact) mass is 292 g/mol. The number of alkyl halides is 3. The SMILES string of the molecule is COc1ccc(C2(c3ccc(C(F)(F)F)cc3)CC2)cc1. The van der Waals surface area contributed by atoms with Gasteiger partial charge in [-0.1, -0.05) is 24.3 Å². The molecule has 0 unspecified atom stereocenters. The van der Waals surface area contributed by atoms with Crippen molar-refractivity contribution >= 4 is 0 Å². The normalized spacial score (nSPS) is 16.6. The molecule has 0 aromatic heterocycles. The second-order valence-corrected chi connectivity index (χ2v) is 5.39. The molecule has 1 aliphatic rings. The number of halogens is 3. The van der Waals surface area contributed by atoms with Gasteiger partial charge in [0.2, 0.25) is 0 Å². The Morgan fingerprint density at radius 3 is 1.71 bits per heavy atom. The number of methoxy groups -OCH3 is 1. The Labute approximate surface area is 121 Å². The molecule has 3 rings (SSSR count). The first kappa shape index (κ1) is 14.0. The quantitative estimate of drug-likeness (QED) is 0.790. The highest BCUT2D eigenvalue weighted by molar-refractivity contribution is 5.47. The molecule has 2 aromatic carbocycles. The Bertz CT molecular complexity index is 623. The van der Waals surface area contributed by atoms with Gasteiger partial charge in [-0.05, 0) is 48.2 Å². The summed E-state index contributed by atoms with van der Waals surface area (Å²) in [7, 11) is 1.61. The molecule has 1 fully saturated rings. The van der Waals surface area contributed by atoms with E-state index in [1.807, 2.05) is 24.3 Å². The van der Waals surface area contributed by atoms with Crippen molar-refractivity contribution in [3.05, 3.63) is 65.2 Å². The first-order valence-corrected chi connectivity index (χ1v) is 6.78. The van der Waals surface area contributed by atoms with Crippen molar-refractivity contribution in [2.75, 3.05) is 7.11 Å². The van der Waals surface area contributed by atoms with Crippen LogP contribution < -0.4 is 4.74 Å². The van der Waals surface area contributed by atoms with Gasteiger partial charge in [0.05, 0.1) is 12.7 Å². The van der Waals surface area contributed by atoms with Gasteiger partial charge in [0.1, 0.15) is 5.75 Å². The van der Waals surface area contributed by atoms with Crippen LogP contribution >= 0.6 is 0 Å². The number of ether oxygens (including phenoxy) is 1. The minimum atomic E-state index is -4.28. The summed E-state index contributed by atoms with van der Waals surface area (Å²) < 4.78 is 43.0. The zero-order valence-corrected chi connectivity index (χ0v) is 11.6. The summed E-state index contributed by atoms with van der Waals surface area (Å²) in [5, 5.41) is 0. The Hall–Kier alpha value is -1.97. The first-order chi connectivity index (χ1) is 9.95. The smallest absolute Gasteiger partial charge is 0.416 e. The van der Waals surface area contributed by atoms with Crippen molar-refractivity contribution in [3.63, 3.8) is 0 Å². The molecule has 1 aliphatic carbocycles. The molecule has 21 heavy (non-hydrogen) atoms. The Morgan fingerprint density at radius 2 is 1.33 bits per heavy atom. The van der Waals surface area contributed by atoms with Crippen LogP contribution in [0.1, 0.15) is 29.5 Å². The van der Waals surface area contributed by atoms with E-state index in [-0.39, 0.29) is 5.41 Å². The summed E-state index contributed by atoms with van der Waals surface area (Å²) in [5.74, 6) is 0.780. The molecule has 0 bridgehead atoms. The molecule has 0 heterocycles. The fourth-order valence-electron chi connectivity index (χ4n) is 2.76. The lowest BCUT2D eigenvalue weighted by Gasteiger charge is -2.18. The van der Waals surface area contributed by atoms with Gasteiger partial charge in [-0.15, -0.1) is 0 Å². The molecular formula is C17H15F3O. The minimum Gasteiger partial charge on any atom is -0.497 e. The lowest BCUT2D eigenvalue weighted by atomic mass is 9.87. The van der Waals surface area contributed by atoms with Crippen LogP contribution in [0.2, 0.25) is 0 Å². The van der Waals surface area contributed by atoms with Gasteiger partial charge in [-0.2, -0.15) is 13.2 Å². The van der Waals surface area contributed by atoms with Crippen LogP contribution in [0.25, 0.3) is 0 Å². The lowest BCUT2D eigenvalue weighted by molar-refractivity contribution is -0.137. The standard InChI is InChI=1S/C17H15F3O/c1-21-15-8-6-13(7-9-15)16(10-11-16)12-2-4-14(5-3-12)17(18,19)20/h2-9H,10-11H2,1H3. The highest BCUT2D eigenvalue weighted by atomic mass is 19.4. The van der Waals surface area contributed by atoms with Crippen LogP contribution in [-0.4, -0.2) is 7.11 Å². The molecule has 2 aromatic rings. The van der Waals surface area contributed by atoms with Crippen LogP contribution in [0, 0.1) is 0 Å². The van der Waals surface area contributed by atoms with E-state index in [0.717, 1.165) is 29.7 Å². The Balaban J connectivity index is 1.91. The van der Waals surface area contributed by atoms with Gasteiger partial charge < -0.3 is 4.74 Å². The van der Waals surface area contributed by atoms with E-state index in [4.69, 9.17) is 4.74 Å². The van der Waals surface area contributed by atoms with Crippen LogP contribution in [0.15, 0.2) is 48.5 Å². The third-order valence-electron chi connectivity index (χ3n) is 4.16. The van der Waals surface area contributed by atoms with Crippen molar-refractivity contribution in [1.82, 2.24) is 0 Å². The summed E-state index contributed by atoms with van der Waals surface area (Å²) in [5.41, 5.74) is 1.34. The molecule has 0 radical (unpaired) electrons. The minimum absolute atomic E-state index is 0.129. The summed E-state index contributed by atoms with van der Waals surface area (Å²) in [6.07, 6.45) is -2.36. The number of benzene rings is 2. The largest absolute Gasteiger partial charge is 0.497 e. The predicted octanol–water partition coefficient (Wildman–Crippen LogP) is 4.79. The van der Waals surface area contributed by atoms with Crippen molar-refractivity contribution in [1.29, 1.82) is 0 Å². The fourth-order valence-corrected chi connectivity index (χ4v) is 2.76. The average molecular weight is 292 g/mol. The summed E-state index contributed by atoms with van der Waals surface area (Å²) >= 11 is 0. The molecule has 4 heteroatoms. The second kappa shape index (κ2) is 4.79. The van der Waals surface area contributed by atoms with Crippen LogP contribution in [0.5, 0.6) is 5.75 Å².